The van der Waals surface area contributed by atoms with E-state index < -0.39 is 11.0 Å². The molecule has 6 nitrogen and oxygen atoms in total. The van der Waals surface area contributed by atoms with Gasteiger partial charge in [0.05, 0.1) is 5.60 Å². The molecular weight excluding hydrogens is 474 g/mol. The first-order valence-electron chi connectivity index (χ1n) is 13.2. The molecular formula is C29H38ClN3O3. The van der Waals surface area contributed by atoms with E-state index in [-0.39, 0.29) is 17.8 Å². The average Bonchev–Trinajstić information content (AvgIpc) is 3.70. The maximum atomic E-state index is 13.6. The number of hydrogen-bond donors (Lipinski definition) is 2. The van der Waals surface area contributed by atoms with Gasteiger partial charge in [-0.15, -0.1) is 0 Å². The van der Waals surface area contributed by atoms with Gasteiger partial charge in [0, 0.05) is 48.8 Å². The van der Waals surface area contributed by atoms with Crippen LogP contribution in [0.1, 0.15) is 50.2 Å². The lowest BCUT2D eigenvalue weighted by atomic mass is 9.57. The highest BCUT2D eigenvalue weighted by Gasteiger charge is 2.60. The first-order valence-corrected chi connectivity index (χ1v) is 13.6. The number of halogens is 1. The minimum atomic E-state index is -1.02. The molecule has 2 aromatic carbocycles. The lowest BCUT2D eigenvalue weighted by Crippen LogP contribution is -2.68. The Hall–Kier alpha value is -2.28. The van der Waals surface area contributed by atoms with Crippen molar-refractivity contribution in [3.05, 3.63) is 58.6 Å². The molecule has 0 spiro atoms. The molecule has 1 aliphatic carbocycles. The van der Waals surface area contributed by atoms with E-state index in [1.54, 1.807) is 30.1 Å². The highest BCUT2D eigenvalue weighted by molar-refractivity contribution is 6.30. The number of carbonyl (C=O) groups is 1. The van der Waals surface area contributed by atoms with Gasteiger partial charge in [-0.2, -0.15) is 0 Å². The van der Waals surface area contributed by atoms with Crippen LogP contribution in [0.2, 0.25) is 5.02 Å². The summed E-state index contributed by atoms with van der Waals surface area (Å²) < 4.78 is 0. The van der Waals surface area contributed by atoms with Crippen molar-refractivity contribution < 1.29 is 15.0 Å². The number of amides is 2. The van der Waals surface area contributed by atoms with Crippen LogP contribution in [0.15, 0.2) is 42.5 Å². The Balaban J connectivity index is 1.48. The topological polar surface area (TPSA) is 67.2 Å². The van der Waals surface area contributed by atoms with Crippen LogP contribution in [-0.2, 0) is 5.41 Å². The van der Waals surface area contributed by atoms with E-state index in [2.05, 4.69) is 18.7 Å². The van der Waals surface area contributed by atoms with Gasteiger partial charge >= 0.3 is 6.03 Å². The van der Waals surface area contributed by atoms with Crippen molar-refractivity contribution in [3.8, 4) is 5.75 Å². The van der Waals surface area contributed by atoms with E-state index in [0.29, 0.717) is 31.0 Å². The van der Waals surface area contributed by atoms with Crippen LogP contribution in [0.25, 0.3) is 0 Å². The lowest BCUT2D eigenvalue weighted by molar-refractivity contribution is -0.136. The Morgan fingerprint density at radius 3 is 2.44 bits per heavy atom. The van der Waals surface area contributed by atoms with Crippen LogP contribution >= 0.6 is 11.6 Å². The summed E-state index contributed by atoms with van der Waals surface area (Å²) in [6.07, 6.45) is 4.50. The monoisotopic (exact) mass is 511 g/mol. The summed E-state index contributed by atoms with van der Waals surface area (Å²) in [4.78, 5) is 19.6. The van der Waals surface area contributed by atoms with Gasteiger partial charge in [-0.1, -0.05) is 17.7 Å². The number of rotatable bonds is 4. The number of piperidine rings is 1. The molecule has 7 heteroatoms. The SMILES string of the molecule is Cc1ccc(O)cc1C12CCN(C(=O)N(C)c3ccc(Cl)cc3)CCC1(O)C(C)N(CC1CC1)CC2. The molecule has 0 bridgehead atoms. The summed E-state index contributed by atoms with van der Waals surface area (Å²) in [5.74, 6) is 0.961. The molecule has 3 atom stereocenters. The number of nitrogens with zero attached hydrogens (tertiary/aromatic N) is 3. The molecule has 2 heterocycles. The van der Waals surface area contributed by atoms with E-state index >= 15 is 0 Å². The number of carbonyl (C=O) groups excluding carboxylic acids is 1. The van der Waals surface area contributed by atoms with E-state index in [4.69, 9.17) is 11.6 Å². The minimum absolute atomic E-state index is 0.0438. The first-order chi connectivity index (χ1) is 17.1. The van der Waals surface area contributed by atoms with E-state index in [9.17, 15) is 15.0 Å². The Morgan fingerprint density at radius 1 is 1.08 bits per heavy atom. The zero-order valence-electron chi connectivity index (χ0n) is 21.6. The minimum Gasteiger partial charge on any atom is -0.508 e. The number of anilines is 1. The van der Waals surface area contributed by atoms with Crippen LogP contribution in [0.3, 0.4) is 0 Å². The number of urea groups is 1. The Kier molecular flexibility index (Phi) is 6.73. The number of likely N-dealkylation sites (tertiary alicyclic amines) is 2. The second kappa shape index (κ2) is 9.55. The molecule has 194 valence electrons. The van der Waals surface area contributed by atoms with Crippen molar-refractivity contribution in [2.24, 2.45) is 5.92 Å². The molecule has 0 radical (unpaired) electrons. The molecule has 2 N–H and O–H groups in total. The van der Waals surface area contributed by atoms with Crippen LogP contribution in [0, 0.1) is 12.8 Å². The van der Waals surface area contributed by atoms with Crippen molar-refractivity contribution in [1.29, 1.82) is 0 Å². The summed E-state index contributed by atoms with van der Waals surface area (Å²) >= 11 is 6.05. The first kappa shape index (κ1) is 25.4. The fraction of sp³-hybridized carbons (Fsp3) is 0.552. The van der Waals surface area contributed by atoms with Crippen LogP contribution in [-0.4, -0.2) is 70.9 Å². The van der Waals surface area contributed by atoms with Crippen LogP contribution in [0.4, 0.5) is 10.5 Å². The summed E-state index contributed by atoms with van der Waals surface area (Å²) in [5, 5.41) is 23.7. The largest absolute Gasteiger partial charge is 0.508 e. The maximum absolute atomic E-state index is 13.6. The Bertz CT molecular complexity index is 1120. The average molecular weight is 512 g/mol. The van der Waals surface area contributed by atoms with Crippen molar-refractivity contribution in [2.45, 2.75) is 63.0 Å². The molecule has 2 saturated heterocycles. The predicted molar refractivity (Wildman–Crippen MR) is 144 cm³/mol. The third kappa shape index (κ3) is 4.37. The predicted octanol–water partition coefficient (Wildman–Crippen LogP) is 5.18. The third-order valence-electron chi connectivity index (χ3n) is 9.16. The Morgan fingerprint density at radius 2 is 1.75 bits per heavy atom. The van der Waals surface area contributed by atoms with E-state index in [1.165, 1.54) is 12.8 Å². The van der Waals surface area contributed by atoms with Gasteiger partial charge in [-0.3, -0.25) is 9.80 Å². The molecule has 2 amide bonds. The van der Waals surface area contributed by atoms with Gasteiger partial charge in [0.1, 0.15) is 5.75 Å². The van der Waals surface area contributed by atoms with Gasteiger partial charge in [-0.05, 0) is 106 Å². The van der Waals surface area contributed by atoms with Gasteiger partial charge in [0.15, 0.2) is 0 Å². The molecule has 2 aliphatic heterocycles. The molecule has 0 aromatic heterocycles. The maximum Gasteiger partial charge on any atom is 0.324 e. The van der Waals surface area contributed by atoms with Crippen molar-refractivity contribution >= 4 is 23.3 Å². The number of hydrogen-bond acceptors (Lipinski definition) is 4. The van der Waals surface area contributed by atoms with Crippen LogP contribution < -0.4 is 4.90 Å². The van der Waals surface area contributed by atoms with E-state index in [0.717, 1.165) is 42.2 Å². The summed E-state index contributed by atoms with van der Waals surface area (Å²) in [6.45, 7) is 7.19. The number of phenolic OH excluding ortho intramolecular Hbond substituents is 1. The highest BCUT2D eigenvalue weighted by atomic mass is 35.5. The molecule has 2 aromatic rings. The highest BCUT2D eigenvalue weighted by Crippen LogP contribution is 2.53. The van der Waals surface area contributed by atoms with Gasteiger partial charge in [0.25, 0.3) is 0 Å². The summed E-state index contributed by atoms with van der Waals surface area (Å²) in [5.41, 5.74) is 1.32. The second-order valence-electron chi connectivity index (χ2n) is 11.2. The number of aromatic hydroxyl groups is 1. The van der Waals surface area contributed by atoms with Crippen molar-refractivity contribution in [1.82, 2.24) is 9.80 Å². The number of benzene rings is 2. The molecule has 1 saturated carbocycles. The zero-order valence-corrected chi connectivity index (χ0v) is 22.3. The summed E-state index contributed by atoms with van der Waals surface area (Å²) in [7, 11) is 1.79. The van der Waals surface area contributed by atoms with Gasteiger partial charge < -0.3 is 15.1 Å². The Labute approximate surface area is 219 Å². The van der Waals surface area contributed by atoms with Crippen LogP contribution in [0.5, 0.6) is 5.75 Å². The smallest absolute Gasteiger partial charge is 0.324 e. The summed E-state index contributed by atoms with van der Waals surface area (Å²) in [6, 6.07) is 12.7. The number of aryl methyl sites for hydroxylation is 1. The zero-order chi connectivity index (χ0) is 25.7. The quantitative estimate of drug-likeness (QED) is 0.593. The van der Waals surface area contributed by atoms with E-state index in [1.807, 2.05) is 29.2 Å². The molecule has 36 heavy (non-hydrogen) atoms. The normalized spacial score (nSPS) is 28.9. The van der Waals surface area contributed by atoms with Crippen molar-refractivity contribution in [2.75, 3.05) is 38.1 Å². The number of phenols is 1. The third-order valence-corrected chi connectivity index (χ3v) is 9.41. The fourth-order valence-corrected chi connectivity index (χ4v) is 6.79. The molecule has 5 rings (SSSR count). The lowest BCUT2D eigenvalue weighted by Gasteiger charge is -2.57. The molecule has 3 unspecified atom stereocenters. The number of aliphatic hydroxyl groups is 1. The fourth-order valence-electron chi connectivity index (χ4n) is 6.67. The standard InChI is InChI=1S/C29H38ClN3O3/c1-20-4-11-25(34)18-26(20)28-12-15-32(27(35)31(3)24-9-7-23(30)8-10-24)17-14-29(28,36)21(2)33(16-13-28)19-22-5-6-22/h4,7-11,18,21-22,34,36H,5-6,12-17,19H2,1-3H3. The molecule has 3 fully saturated rings. The van der Waals surface area contributed by atoms with Crippen molar-refractivity contribution in [3.63, 3.8) is 0 Å². The molecule has 3 aliphatic rings. The second-order valence-corrected chi connectivity index (χ2v) is 11.6. The van der Waals surface area contributed by atoms with Gasteiger partial charge in [0.2, 0.25) is 0 Å². The number of fused-ring (bicyclic) bond motifs is 1. The van der Waals surface area contributed by atoms with Gasteiger partial charge in [-0.25, -0.2) is 4.79 Å².